The van der Waals surface area contributed by atoms with E-state index < -0.39 is 0 Å². The Labute approximate surface area is 114 Å². The largest absolute Gasteiger partial charge is 0.376 e. The maximum atomic E-state index is 12.9. The van der Waals surface area contributed by atoms with Gasteiger partial charge < -0.3 is 14.8 Å². The van der Waals surface area contributed by atoms with E-state index in [0.717, 1.165) is 24.9 Å². The maximum absolute atomic E-state index is 12.9. The zero-order valence-corrected chi connectivity index (χ0v) is 11.4. The van der Waals surface area contributed by atoms with Crippen molar-refractivity contribution >= 4 is 0 Å². The van der Waals surface area contributed by atoms with E-state index in [-0.39, 0.29) is 18.0 Å². The molecule has 0 saturated carbocycles. The highest BCUT2D eigenvalue weighted by Gasteiger charge is 2.24. The molecule has 4 heteroatoms. The van der Waals surface area contributed by atoms with Crippen LogP contribution in [0.1, 0.15) is 18.9 Å². The van der Waals surface area contributed by atoms with Crippen LogP contribution in [-0.4, -0.2) is 38.5 Å². The fraction of sp³-hybridized carbons (Fsp3) is 0.600. The summed E-state index contributed by atoms with van der Waals surface area (Å²) in [5.41, 5.74) is 1.11. The molecule has 2 unspecified atom stereocenters. The molecule has 2 rings (SSSR count). The minimum absolute atomic E-state index is 0.0744. The molecule has 1 aromatic rings. The Morgan fingerprint density at radius 3 is 2.74 bits per heavy atom. The van der Waals surface area contributed by atoms with Crippen LogP contribution >= 0.6 is 0 Å². The van der Waals surface area contributed by atoms with Crippen LogP contribution < -0.4 is 5.32 Å². The van der Waals surface area contributed by atoms with E-state index in [9.17, 15) is 4.39 Å². The van der Waals surface area contributed by atoms with Crippen LogP contribution in [0.3, 0.4) is 0 Å². The molecule has 19 heavy (non-hydrogen) atoms. The lowest BCUT2D eigenvalue weighted by Crippen LogP contribution is -2.48. The third kappa shape index (κ3) is 4.56. The Morgan fingerprint density at radius 2 is 2.11 bits per heavy atom. The Balaban J connectivity index is 1.97. The molecule has 2 atom stereocenters. The lowest BCUT2D eigenvalue weighted by Gasteiger charge is -2.31. The maximum Gasteiger partial charge on any atom is 0.123 e. The summed E-state index contributed by atoms with van der Waals surface area (Å²) in [6, 6.07) is 6.89. The van der Waals surface area contributed by atoms with Gasteiger partial charge in [0.25, 0.3) is 0 Å². The first kappa shape index (κ1) is 14.4. The standard InChI is InChI=1S/C15H22FNO2/c1-2-7-17-14(15-11-18-8-9-19-15)10-12-3-5-13(16)6-4-12/h3-6,14-15,17H,2,7-11H2,1H3. The molecule has 3 nitrogen and oxygen atoms in total. The van der Waals surface area contributed by atoms with Crippen LogP contribution in [0.2, 0.25) is 0 Å². The molecule has 0 bridgehead atoms. The van der Waals surface area contributed by atoms with E-state index in [1.807, 2.05) is 12.1 Å². The number of hydrogen-bond donors (Lipinski definition) is 1. The van der Waals surface area contributed by atoms with Crippen LogP contribution in [0, 0.1) is 5.82 Å². The average Bonchev–Trinajstić information content (AvgIpc) is 2.46. The number of halogens is 1. The fourth-order valence-electron chi connectivity index (χ4n) is 2.28. The number of ether oxygens (including phenoxy) is 2. The summed E-state index contributed by atoms with van der Waals surface area (Å²) in [5, 5.41) is 3.50. The molecule has 1 heterocycles. The van der Waals surface area contributed by atoms with Crippen LogP contribution in [0.15, 0.2) is 24.3 Å². The van der Waals surface area contributed by atoms with Crippen LogP contribution in [0.5, 0.6) is 0 Å². The first-order chi connectivity index (χ1) is 9.29. The summed E-state index contributed by atoms with van der Waals surface area (Å²) >= 11 is 0. The van der Waals surface area contributed by atoms with Crippen molar-refractivity contribution in [3.05, 3.63) is 35.6 Å². The highest BCUT2D eigenvalue weighted by molar-refractivity contribution is 5.17. The summed E-state index contributed by atoms with van der Waals surface area (Å²) in [6.07, 6.45) is 1.98. The van der Waals surface area contributed by atoms with Crippen molar-refractivity contribution in [1.29, 1.82) is 0 Å². The van der Waals surface area contributed by atoms with Gasteiger partial charge in [0.05, 0.1) is 25.9 Å². The summed E-state index contributed by atoms with van der Waals surface area (Å²) in [6.45, 7) is 5.04. The van der Waals surface area contributed by atoms with Crippen molar-refractivity contribution in [2.45, 2.75) is 31.9 Å². The van der Waals surface area contributed by atoms with Crippen LogP contribution in [0.25, 0.3) is 0 Å². The molecule has 1 fully saturated rings. The SMILES string of the molecule is CCCNC(Cc1ccc(F)cc1)C1COCCO1. The van der Waals surface area contributed by atoms with Gasteiger partial charge in [0.1, 0.15) is 5.82 Å². The Morgan fingerprint density at radius 1 is 1.32 bits per heavy atom. The van der Waals surface area contributed by atoms with Crippen molar-refractivity contribution in [2.24, 2.45) is 0 Å². The normalized spacial score (nSPS) is 21.3. The molecule has 0 spiro atoms. The fourth-order valence-corrected chi connectivity index (χ4v) is 2.28. The zero-order valence-electron chi connectivity index (χ0n) is 11.4. The smallest absolute Gasteiger partial charge is 0.123 e. The predicted octanol–water partition coefficient (Wildman–Crippen LogP) is 2.15. The van der Waals surface area contributed by atoms with Gasteiger partial charge in [-0.2, -0.15) is 0 Å². The molecule has 106 valence electrons. The number of nitrogens with one attached hydrogen (secondary N) is 1. The average molecular weight is 267 g/mol. The van der Waals surface area contributed by atoms with Crippen molar-refractivity contribution in [1.82, 2.24) is 5.32 Å². The van der Waals surface area contributed by atoms with Crippen molar-refractivity contribution in [3.8, 4) is 0 Å². The van der Waals surface area contributed by atoms with E-state index in [1.165, 1.54) is 12.1 Å². The second-order valence-electron chi connectivity index (χ2n) is 4.88. The molecule has 1 aromatic carbocycles. The Bertz CT molecular complexity index is 363. The van der Waals surface area contributed by atoms with Crippen LogP contribution in [0.4, 0.5) is 4.39 Å². The van der Waals surface area contributed by atoms with Gasteiger partial charge in [0.15, 0.2) is 0 Å². The molecule has 1 aliphatic rings. The predicted molar refractivity (Wildman–Crippen MR) is 72.7 cm³/mol. The van der Waals surface area contributed by atoms with Crippen molar-refractivity contribution in [2.75, 3.05) is 26.4 Å². The van der Waals surface area contributed by atoms with Crippen LogP contribution in [-0.2, 0) is 15.9 Å². The monoisotopic (exact) mass is 267 g/mol. The quantitative estimate of drug-likeness (QED) is 0.856. The zero-order chi connectivity index (χ0) is 13.5. The second-order valence-corrected chi connectivity index (χ2v) is 4.88. The van der Waals surface area contributed by atoms with Gasteiger partial charge >= 0.3 is 0 Å². The third-order valence-electron chi connectivity index (χ3n) is 3.32. The van der Waals surface area contributed by atoms with E-state index in [2.05, 4.69) is 12.2 Å². The second kappa shape index (κ2) is 7.58. The van der Waals surface area contributed by atoms with E-state index in [1.54, 1.807) is 0 Å². The van der Waals surface area contributed by atoms with Gasteiger partial charge in [-0.05, 0) is 37.1 Å². The van der Waals surface area contributed by atoms with E-state index in [0.29, 0.717) is 19.8 Å². The van der Waals surface area contributed by atoms with E-state index in [4.69, 9.17) is 9.47 Å². The summed E-state index contributed by atoms with van der Waals surface area (Å²) < 4.78 is 24.2. The highest BCUT2D eigenvalue weighted by Crippen LogP contribution is 2.13. The first-order valence-electron chi connectivity index (χ1n) is 6.96. The molecule has 1 N–H and O–H groups in total. The third-order valence-corrected chi connectivity index (χ3v) is 3.32. The minimum atomic E-state index is -0.195. The van der Waals surface area contributed by atoms with Gasteiger partial charge in [0, 0.05) is 6.04 Å². The summed E-state index contributed by atoms with van der Waals surface area (Å²) in [4.78, 5) is 0. The first-order valence-corrected chi connectivity index (χ1v) is 6.96. The molecule has 0 aliphatic carbocycles. The lowest BCUT2D eigenvalue weighted by atomic mass is 10.0. The minimum Gasteiger partial charge on any atom is -0.376 e. The van der Waals surface area contributed by atoms with E-state index >= 15 is 0 Å². The molecule has 1 saturated heterocycles. The topological polar surface area (TPSA) is 30.5 Å². The highest BCUT2D eigenvalue weighted by atomic mass is 19.1. The molecular formula is C15H22FNO2. The van der Waals surface area contributed by atoms with Crippen molar-refractivity contribution < 1.29 is 13.9 Å². The molecule has 1 aliphatic heterocycles. The summed E-state index contributed by atoms with van der Waals surface area (Å²) in [5.74, 6) is -0.195. The number of benzene rings is 1. The molecular weight excluding hydrogens is 245 g/mol. The Hall–Kier alpha value is -0.970. The number of rotatable bonds is 6. The van der Waals surface area contributed by atoms with Crippen molar-refractivity contribution in [3.63, 3.8) is 0 Å². The Kier molecular flexibility index (Phi) is 5.76. The lowest BCUT2D eigenvalue weighted by molar-refractivity contribution is -0.101. The van der Waals surface area contributed by atoms with Gasteiger partial charge in [-0.3, -0.25) is 0 Å². The van der Waals surface area contributed by atoms with Gasteiger partial charge in [-0.25, -0.2) is 4.39 Å². The molecule has 0 radical (unpaired) electrons. The van der Waals surface area contributed by atoms with Gasteiger partial charge in [-0.15, -0.1) is 0 Å². The molecule has 0 amide bonds. The molecule has 0 aromatic heterocycles. The summed E-state index contributed by atoms with van der Waals surface area (Å²) in [7, 11) is 0. The number of hydrogen-bond acceptors (Lipinski definition) is 3. The van der Waals surface area contributed by atoms with Gasteiger partial charge in [0.2, 0.25) is 0 Å². The van der Waals surface area contributed by atoms with Gasteiger partial charge in [-0.1, -0.05) is 19.1 Å².